The van der Waals surface area contributed by atoms with Crippen LogP contribution in [-0.2, 0) is 0 Å². The molecule has 6 radical (unpaired) electrons. The van der Waals surface area contributed by atoms with Gasteiger partial charge in [-0.2, -0.15) is 0 Å². The van der Waals surface area contributed by atoms with Crippen LogP contribution in [0.5, 0.6) is 0 Å². The van der Waals surface area contributed by atoms with Crippen molar-refractivity contribution >= 4 is 54.6 Å². The van der Waals surface area contributed by atoms with Gasteiger partial charge in [0.2, 0.25) is 0 Å². The molecular formula is C22H50B2P2Si2-2. The van der Waals surface area contributed by atoms with Gasteiger partial charge in [-0.25, -0.2) is 0 Å². The highest BCUT2D eigenvalue weighted by Gasteiger charge is 2.26. The normalized spacial score (nSPS) is 13.7. The molecule has 0 rings (SSSR count). The summed E-state index contributed by atoms with van der Waals surface area (Å²) in [5.74, 6) is 0. The summed E-state index contributed by atoms with van der Waals surface area (Å²) >= 11 is 0. The Labute approximate surface area is 184 Å². The molecule has 0 aliphatic carbocycles. The van der Waals surface area contributed by atoms with Crippen molar-refractivity contribution in [2.24, 2.45) is 0 Å². The lowest BCUT2D eigenvalue weighted by Gasteiger charge is -2.48. The van der Waals surface area contributed by atoms with Crippen LogP contribution >= 0.6 is 13.5 Å². The van der Waals surface area contributed by atoms with E-state index in [-0.39, 0.29) is 0 Å². The maximum Gasteiger partial charge on any atom is 0.0683 e. The minimum atomic E-state index is -1.44. The first-order valence-corrected chi connectivity index (χ1v) is 23.2. The highest BCUT2D eigenvalue weighted by Crippen LogP contribution is 2.51. The van der Waals surface area contributed by atoms with Crippen molar-refractivity contribution in [2.75, 3.05) is 24.6 Å². The Bertz CT molecular complexity index is 512. The van der Waals surface area contributed by atoms with E-state index >= 15 is 0 Å². The summed E-state index contributed by atoms with van der Waals surface area (Å²) in [7, 11) is 11.7. The van der Waals surface area contributed by atoms with E-state index in [0.29, 0.717) is 0 Å². The highest BCUT2D eigenvalue weighted by molar-refractivity contribution is 8.00. The van der Waals surface area contributed by atoms with Crippen LogP contribution in [0.2, 0.25) is 39.3 Å². The Morgan fingerprint density at radius 2 is 0.750 bits per heavy atom. The predicted octanol–water partition coefficient (Wildman–Crippen LogP) is 7.71. The molecule has 0 N–H and O–H groups in total. The van der Waals surface area contributed by atoms with Crippen LogP contribution in [0.3, 0.4) is 0 Å². The van der Waals surface area contributed by atoms with Gasteiger partial charge in [0.25, 0.3) is 0 Å². The molecule has 0 heterocycles. The molecule has 0 aromatic heterocycles. The van der Waals surface area contributed by atoms with E-state index in [1.165, 1.54) is 63.2 Å². The van der Waals surface area contributed by atoms with Crippen molar-refractivity contribution in [3.8, 4) is 0 Å². The maximum atomic E-state index is 7.26. The number of rotatable bonds is 13. The van der Waals surface area contributed by atoms with E-state index in [4.69, 9.17) is 15.1 Å². The minimum Gasteiger partial charge on any atom is -0.576 e. The molecule has 0 unspecified atom stereocenters. The van der Waals surface area contributed by atoms with Gasteiger partial charge < -0.3 is 28.7 Å². The Kier molecular flexibility index (Phi) is 12.8. The van der Waals surface area contributed by atoms with Gasteiger partial charge in [0, 0.05) is 0 Å². The van der Waals surface area contributed by atoms with Gasteiger partial charge in [-0.3, -0.25) is 0 Å². The molecule has 0 bridgehead atoms. The van der Waals surface area contributed by atoms with Gasteiger partial charge in [-0.05, 0) is 12.8 Å². The van der Waals surface area contributed by atoms with Gasteiger partial charge in [0.05, 0.1) is 16.1 Å². The van der Waals surface area contributed by atoms with Crippen molar-refractivity contribution in [2.45, 2.75) is 106 Å². The molecule has 0 fully saturated rings. The molecule has 0 amide bonds. The highest BCUT2D eigenvalue weighted by atomic mass is 31.2. The molecule has 6 heteroatoms. The summed E-state index contributed by atoms with van der Waals surface area (Å²) in [6.45, 7) is 21.6. The molecule has 164 valence electrons. The van der Waals surface area contributed by atoms with Crippen molar-refractivity contribution in [1.29, 1.82) is 0 Å². The SMILES string of the molecule is [B-]P(CCC)(CCC)=C(CCC([Si](C)(C)C)=P([B-])(CCC)CCC)[Si](C)(C)C. The van der Waals surface area contributed by atoms with Crippen molar-refractivity contribution in [3.63, 3.8) is 0 Å². The Morgan fingerprint density at radius 1 is 0.536 bits per heavy atom. The second-order valence-electron chi connectivity index (χ2n) is 10.9. The topological polar surface area (TPSA) is 0 Å². The van der Waals surface area contributed by atoms with Crippen molar-refractivity contribution in [3.05, 3.63) is 0 Å². The first-order chi connectivity index (χ1) is 12.7. The van der Waals surface area contributed by atoms with Gasteiger partial charge in [0.15, 0.2) is 0 Å². The molecule has 0 atom stereocenters. The smallest absolute Gasteiger partial charge is 0.0683 e. The van der Waals surface area contributed by atoms with E-state index in [1.54, 1.807) is 0 Å². The van der Waals surface area contributed by atoms with Gasteiger partial charge in [-0.1, -0.05) is 117 Å². The van der Waals surface area contributed by atoms with Crippen LogP contribution < -0.4 is 0 Å². The van der Waals surface area contributed by atoms with E-state index in [2.05, 4.69) is 67.0 Å². The Morgan fingerprint density at radius 3 is 0.893 bits per heavy atom. The maximum absolute atomic E-state index is 7.26. The molecule has 0 aromatic carbocycles. The third-order valence-corrected chi connectivity index (χ3v) is 24.1. The summed E-state index contributed by atoms with van der Waals surface area (Å²) in [5, 5.41) is 0. The molecule has 0 aliphatic heterocycles. The molecule has 0 spiro atoms. The predicted molar refractivity (Wildman–Crippen MR) is 152 cm³/mol. The zero-order valence-corrected chi connectivity index (χ0v) is 24.9. The van der Waals surface area contributed by atoms with Gasteiger partial charge in [-0.15, -0.1) is 9.83 Å². The summed E-state index contributed by atoms with van der Waals surface area (Å²) in [6, 6.07) is 0. The lowest BCUT2D eigenvalue weighted by Crippen LogP contribution is -2.39. The molecule has 0 aromatic rings. The largest absolute Gasteiger partial charge is 0.576 e. The van der Waals surface area contributed by atoms with Crippen molar-refractivity contribution < 1.29 is 0 Å². The molecular weight excluding hydrogens is 404 g/mol. The van der Waals surface area contributed by atoms with Crippen LogP contribution in [0.25, 0.3) is 0 Å². The van der Waals surface area contributed by atoms with Crippen molar-refractivity contribution in [1.82, 2.24) is 0 Å². The standard InChI is InChI=1S/C22H50B2P2Si2/c1-11-17-25(23,18-12-2)21(27(5,6)7)15-16-22(28(8,9)10)26(24,19-13-3)20-14-4/h11-20H2,1-10H3/q-2. The second kappa shape index (κ2) is 12.3. The van der Waals surface area contributed by atoms with Crippen LogP contribution in [0, 0.1) is 0 Å². The molecule has 0 nitrogen and oxygen atoms in total. The van der Waals surface area contributed by atoms with E-state index < -0.39 is 29.7 Å². The van der Waals surface area contributed by atoms with E-state index in [0.717, 1.165) is 0 Å². The van der Waals surface area contributed by atoms with Gasteiger partial charge >= 0.3 is 0 Å². The zero-order chi connectivity index (χ0) is 22.2. The van der Waals surface area contributed by atoms with Crippen LogP contribution in [-0.4, -0.2) is 65.8 Å². The first kappa shape index (κ1) is 29.2. The van der Waals surface area contributed by atoms with Gasteiger partial charge in [0.1, 0.15) is 0 Å². The zero-order valence-electron chi connectivity index (χ0n) is 21.1. The molecule has 28 heavy (non-hydrogen) atoms. The average molecular weight is 454 g/mol. The number of hydrogen-bond acceptors (Lipinski definition) is 0. The van der Waals surface area contributed by atoms with E-state index in [1.807, 2.05) is 9.83 Å². The average Bonchev–Trinajstić information content (AvgIpc) is 2.49. The summed E-state index contributed by atoms with van der Waals surface area (Å²) < 4.78 is 0. The summed E-state index contributed by atoms with van der Waals surface area (Å²) in [6.07, 6.45) is 12.4. The summed E-state index contributed by atoms with van der Waals surface area (Å²) in [4.78, 5) is 3.66. The third kappa shape index (κ3) is 8.73. The fraction of sp³-hybridized carbons (Fsp3) is 0.909. The first-order valence-electron chi connectivity index (χ1n) is 11.8. The molecule has 0 saturated carbocycles. The van der Waals surface area contributed by atoms with Crippen LogP contribution in [0.15, 0.2) is 0 Å². The Hall–Kier alpha value is 1.16. The Balaban J connectivity index is 6.41. The summed E-state index contributed by atoms with van der Waals surface area (Å²) in [5.41, 5.74) is 0. The van der Waals surface area contributed by atoms with E-state index in [9.17, 15) is 0 Å². The van der Waals surface area contributed by atoms with Crippen LogP contribution in [0.1, 0.15) is 66.2 Å². The monoisotopic (exact) mass is 454 g/mol. The fourth-order valence-electron chi connectivity index (χ4n) is 5.13. The number of hydrogen-bond donors (Lipinski definition) is 0. The molecule has 0 saturated heterocycles. The van der Waals surface area contributed by atoms with Crippen LogP contribution in [0.4, 0.5) is 0 Å². The second-order valence-corrected chi connectivity index (χ2v) is 28.9. The molecule has 0 aliphatic rings. The lowest BCUT2D eigenvalue weighted by atomic mass is 10.4. The lowest BCUT2D eigenvalue weighted by molar-refractivity contribution is 1.06. The fourth-order valence-corrected chi connectivity index (χ4v) is 24.7. The third-order valence-electron chi connectivity index (χ3n) is 5.90. The minimum absolute atomic E-state index is 1.22. The quantitative estimate of drug-likeness (QED) is 0.198.